The zero-order chi connectivity index (χ0) is 24.5. The van der Waals surface area contributed by atoms with Gasteiger partial charge in [-0.25, -0.2) is 13.6 Å². The number of benzene rings is 1. The lowest BCUT2D eigenvalue weighted by molar-refractivity contribution is 0.0996. The molecule has 1 atom stereocenters. The summed E-state index contributed by atoms with van der Waals surface area (Å²) in [4.78, 5) is 24.0. The average Bonchev–Trinajstić information content (AvgIpc) is 3.09. The van der Waals surface area contributed by atoms with Crippen molar-refractivity contribution in [3.05, 3.63) is 39.9 Å². The number of ether oxygens (including phenoxy) is 1. The normalized spacial score (nSPS) is 12.0. The molecule has 0 aliphatic carbocycles. The molecular weight excluding hydrogens is 480 g/mol. The van der Waals surface area contributed by atoms with Gasteiger partial charge in [-0.15, -0.1) is 0 Å². The summed E-state index contributed by atoms with van der Waals surface area (Å²) >= 11 is 6.31. The van der Waals surface area contributed by atoms with Gasteiger partial charge in [0.1, 0.15) is 28.8 Å². The van der Waals surface area contributed by atoms with Crippen LogP contribution in [0.5, 0.6) is 5.88 Å². The maximum atomic E-state index is 13.9. The summed E-state index contributed by atoms with van der Waals surface area (Å²) in [5, 5.41) is 18.0. The number of rotatable bonds is 12. The maximum Gasteiger partial charge on any atom is 0.319 e. The number of hydrogen-bond donors (Lipinski definition) is 5. The number of halogens is 3. The summed E-state index contributed by atoms with van der Waals surface area (Å²) < 4.78 is 37.0. The molecule has 2 aromatic rings. The lowest BCUT2D eigenvalue weighted by Gasteiger charge is -2.13. The number of aliphatic hydroxyl groups is 1. The Bertz CT molecular complexity index is 953. The van der Waals surface area contributed by atoms with E-state index < -0.39 is 41.8 Å². The fourth-order valence-electron chi connectivity index (χ4n) is 2.71. The monoisotopic (exact) mass is 505 g/mol. The van der Waals surface area contributed by atoms with Crippen LogP contribution in [-0.2, 0) is 6.61 Å². The van der Waals surface area contributed by atoms with Crippen LogP contribution in [0.4, 0.5) is 18.6 Å². The van der Waals surface area contributed by atoms with Crippen molar-refractivity contribution in [2.45, 2.75) is 45.4 Å². The van der Waals surface area contributed by atoms with Crippen molar-refractivity contribution in [3.63, 3.8) is 0 Å². The van der Waals surface area contributed by atoms with Gasteiger partial charge in [0, 0.05) is 17.6 Å². The molecule has 0 fully saturated rings. The molecule has 33 heavy (non-hydrogen) atoms. The zero-order valence-electron chi connectivity index (χ0n) is 18.1. The first-order chi connectivity index (χ1) is 15.6. The first kappa shape index (κ1) is 26.7. The van der Waals surface area contributed by atoms with Crippen LogP contribution in [0.3, 0.4) is 0 Å². The first-order valence-electron chi connectivity index (χ1n) is 10.1. The third kappa shape index (κ3) is 8.39. The van der Waals surface area contributed by atoms with Gasteiger partial charge in [0.05, 0.1) is 11.7 Å². The molecule has 3 amide bonds. The van der Waals surface area contributed by atoms with Crippen LogP contribution >= 0.6 is 23.1 Å². The van der Waals surface area contributed by atoms with E-state index in [1.165, 1.54) is 0 Å². The lowest BCUT2D eigenvalue weighted by Crippen LogP contribution is -2.32. The molecule has 2 rings (SSSR count). The van der Waals surface area contributed by atoms with Crippen molar-refractivity contribution < 1.29 is 28.2 Å². The zero-order valence-corrected chi connectivity index (χ0v) is 19.7. The van der Waals surface area contributed by atoms with Crippen molar-refractivity contribution >= 4 is 40.1 Å². The van der Waals surface area contributed by atoms with Crippen molar-refractivity contribution in [2.75, 3.05) is 18.4 Å². The van der Waals surface area contributed by atoms with Crippen LogP contribution in [0, 0.1) is 11.6 Å². The Kier molecular flexibility index (Phi) is 10.2. The second-order valence-corrected chi connectivity index (χ2v) is 8.62. The van der Waals surface area contributed by atoms with E-state index in [1.54, 1.807) is 0 Å². The van der Waals surface area contributed by atoms with Crippen LogP contribution < -0.4 is 26.4 Å². The average molecular weight is 506 g/mol. The van der Waals surface area contributed by atoms with Gasteiger partial charge in [0.15, 0.2) is 0 Å². The molecule has 0 radical (unpaired) electrons. The molecule has 13 heteroatoms. The van der Waals surface area contributed by atoms with Crippen LogP contribution in [0.1, 0.15) is 42.6 Å². The molecule has 1 unspecified atom stereocenters. The number of nitrogens with zero attached hydrogens (tertiary/aromatic N) is 1. The van der Waals surface area contributed by atoms with E-state index in [9.17, 15) is 23.5 Å². The molecule has 6 N–H and O–H groups in total. The number of nitrogens with one attached hydrogen (secondary N) is 3. The summed E-state index contributed by atoms with van der Waals surface area (Å²) in [5.41, 5.74) is 4.73. The molecule has 0 saturated heterocycles. The van der Waals surface area contributed by atoms with E-state index in [2.05, 4.69) is 20.3 Å². The number of carbonyl (C=O) groups is 2. The fraction of sp³-hybridized carbons (Fsp3) is 0.450. The molecule has 0 bridgehead atoms. The van der Waals surface area contributed by atoms with E-state index >= 15 is 0 Å². The molecule has 1 heterocycles. The molecule has 9 nitrogen and oxygen atoms in total. The number of primary amides is 1. The number of carbonyl (C=O) groups excluding carboxylic acids is 2. The smallest absolute Gasteiger partial charge is 0.319 e. The van der Waals surface area contributed by atoms with Crippen LogP contribution in [-0.4, -0.2) is 46.7 Å². The third-order valence-corrected chi connectivity index (χ3v) is 5.35. The number of nitrogens with two attached hydrogens (primary N) is 1. The van der Waals surface area contributed by atoms with Crippen molar-refractivity contribution in [1.29, 1.82) is 0 Å². The van der Waals surface area contributed by atoms with E-state index in [1.807, 2.05) is 13.8 Å². The van der Waals surface area contributed by atoms with E-state index in [-0.39, 0.29) is 28.0 Å². The van der Waals surface area contributed by atoms with Gasteiger partial charge in [0.25, 0.3) is 5.91 Å². The summed E-state index contributed by atoms with van der Waals surface area (Å²) in [6.07, 6.45) is 0.290. The molecule has 0 spiro atoms. The number of hydrogen-bond acceptors (Lipinski definition) is 7. The van der Waals surface area contributed by atoms with Crippen LogP contribution in [0.25, 0.3) is 0 Å². The second-order valence-electron chi connectivity index (χ2n) is 7.41. The van der Waals surface area contributed by atoms with Crippen LogP contribution in [0.2, 0.25) is 5.02 Å². The summed E-state index contributed by atoms with van der Waals surface area (Å²) in [6, 6.07) is 1.52. The largest absolute Gasteiger partial charge is 0.471 e. The van der Waals surface area contributed by atoms with Gasteiger partial charge in [0.2, 0.25) is 5.88 Å². The Balaban J connectivity index is 1.92. The summed E-state index contributed by atoms with van der Waals surface area (Å²) in [7, 11) is 0. The topological polar surface area (TPSA) is 139 Å². The predicted octanol–water partition coefficient (Wildman–Crippen LogP) is 3.01. The number of aliphatic hydroxyl groups excluding tert-OH is 1. The highest BCUT2D eigenvalue weighted by Crippen LogP contribution is 2.31. The van der Waals surface area contributed by atoms with Gasteiger partial charge >= 0.3 is 6.03 Å². The van der Waals surface area contributed by atoms with Gasteiger partial charge in [-0.05, 0) is 43.1 Å². The van der Waals surface area contributed by atoms with Crippen LogP contribution in [0.15, 0.2) is 12.1 Å². The fourth-order valence-corrected chi connectivity index (χ4v) is 3.64. The highest BCUT2D eigenvalue weighted by molar-refractivity contribution is 7.11. The quantitative estimate of drug-likeness (QED) is 0.300. The van der Waals surface area contributed by atoms with E-state index in [0.717, 1.165) is 23.7 Å². The Labute approximate surface area is 198 Å². The Morgan fingerprint density at radius 2 is 1.88 bits per heavy atom. The molecule has 1 aromatic carbocycles. The van der Waals surface area contributed by atoms with E-state index in [0.29, 0.717) is 25.4 Å². The Morgan fingerprint density at radius 1 is 1.24 bits per heavy atom. The molecule has 182 valence electrons. The first-order valence-corrected chi connectivity index (χ1v) is 11.3. The lowest BCUT2D eigenvalue weighted by atomic mass is 10.2. The minimum Gasteiger partial charge on any atom is -0.471 e. The highest BCUT2D eigenvalue weighted by Gasteiger charge is 2.23. The molecule has 1 aromatic heterocycles. The van der Waals surface area contributed by atoms with Gasteiger partial charge < -0.3 is 26.2 Å². The third-order valence-electron chi connectivity index (χ3n) is 4.39. The maximum absolute atomic E-state index is 13.9. The van der Waals surface area contributed by atoms with Gasteiger partial charge in [-0.1, -0.05) is 25.4 Å². The Morgan fingerprint density at radius 3 is 2.48 bits per heavy atom. The molecule has 0 saturated carbocycles. The van der Waals surface area contributed by atoms with Gasteiger partial charge in [-0.2, -0.15) is 4.37 Å². The summed E-state index contributed by atoms with van der Waals surface area (Å²) in [6.45, 7) is 4.28. The van der Waals surface area contributed by atoms with E-state index in [4.69, 9.17) is 22.1 Å². The van der Waals surface area contributed by atoms with Gasteiger partial charge in [-0.3, -0.25) is 10.1 Å². The molecular formula is C20H26ClF2N5O4S. The standard InChI is InChI=1S/C20H26ClF2N5O4S/c1-10(2)25-5-3-12(29)4-6-26-20(31)27-19-16(17(24)30)18(28-33-19)32-9-13-14(22)7-11(21)8-15(13)23/h7-8,10,12,25,29H,3-6,9H2,1-2H3,(H2,24,30)(H2,26,27,31). The molecule has 0 aliphatic heterocycles. The predicted molar refractivity (Wildman–Crippen MR) is 122 cm³/mol. The Hall–Kier alpha value is -2.54. The minimum atomic E-state index is -0.945. The highest BCUT2D eigenvalue weighted by atomic mass is 35.5. The SMILES string of the molecule is CC(C)NCCC(O)CCNC(=O)Nc1snc(OCc2c(F)cc(Cl)cc2F)c1C(N)=O. The second kappa shape index (κ2) is 12.6. The molecule has 0 aliphatic rings. The van der Waals surface area contributed by atoms with Crippen molar-refractivity contribution in [3.8, 4) is 5.88 Å². The number of urea groups is 1. The van der Waals surface area contributed by atoms with Crippen molar-refractivity contribution in [1.82, 2.24) is 15.0 Å². The number of aromatic nitrogens is 1. The minimum absolute atomic E-state index is 0.00809. The number of anilines is 1. The summed E-state index contributed by atoms with van der Waals surface area (Å²) in [5.74, 6) is -3.06. The van der Waals surface area contributed by atoms with Crippen molar-refractivity contribution in [2.24, 2.45) is 5.73 Å². The number of amides is 3.